The molecular formula is C11H19NO3. The molecule has 0 N–H and O–H groups in total. The second-order valence-corrected chi connectivity index (χ2v) is 3.91. The van der Waals surface area contributed by atoms with E-state index in [-0.39, 0.29) is 11.9 Å². The van der Waals surface area contributed by atoms with Gasteiger partial charge in [0.05, 0.1) is 0 Å². The van der Waals surface area contributed by atoms with E-state index in [1.807, 2.05) is 6.92 Å². The van der Waals surface area contributed by atoms with Crippen molar-refractivity contribution in [3.63, 3.8) is 0 Å². The molecule has 0 bridgehead atoms. The highest BCUT2D eigenvalue weighted by molar-refractivity contribution is 5.83. The lowest BCUT2D eigenvalue weighted by Crippen LogP contribution is -2.38. The van der Waals surface area contributed by atoms with Crippen LogP contribution in [0.15, 0.2) is 0 Å². The van der Waals surface area contributed by atoms with E-state index in [9.17, 15) is 9.59 Å². The van der Waals surface area contributed by atoms with Crippen molar-refractivity contribution >= 4 is 11.9 Å². The fourth-order valence-electron chi connectivity index (χ4n) is 1.71. The Morgan fingerprint density at radius 1 is 1.33 bits per heavy atom. The Hall–Kier alpha value is -1.06. The van der Waals surface area contributed by atoms with Crippen molar-refractivity contribution in [2.45, 2.75) is 45.6 Å². The Kier molecular flexibility index (Phi) is 4.59. The number of likely N-dealkylation sites (tertiary alicyclic amines) is 1. The molecule has 15 heavy (non-hydrogen) atoms. The quantitative estimate of drug-likeness (QED) is 0.662. The highest BCUT2D eigenvalue weighted by atomic mass is 16.5. The Morgan fingerprint density at radius 2 is 1.93 bits per heavy atom. The summed E-state index contributed by atoms with van der Waals surface area (Å²) in [4.78, 5) is 24.7. The van der Waals surface area contributed by atoms with E-state index in [0.717, 1.165) is 32.4 Å². The van der Waals surface area contributed by atoms with E-state index in [4.69, 9.17) is 4.74 Å². The van der Waals surface area contributed by atoms with Crippen molar-refractivity contribution in [3.05, 3.63) is 0 Å². The first-order chi connectivity index (χ1) is 7.15. The number of amides is 1. The van der Waals surface area contributed by atoms with E-state index in [1.54, 1.807) is 11.8 Å². The molecule has 1 fully saturated rings. The van der Waals surface area contributed by atoms with E-state index in [0.29, 0.717) is 6.42 Å². The maximum atomic E-state index is 11.7. The van der Waals surface area contributed by atoms with Gasteiger partial charge < -0.3 is 9.64 Å². The van der Waals surface area contributed by atoms with Gasteiger partial charge in [-0.1, -0.05) is 6.92 Å². The predicted octanol–water partition coefficient (Wildman–Crippen LogP) is 1.34. The van der Waals surface area contributed by atoms with Crippen LogP contribution in [0.4, 0.5) is 0 Å². The van der Waals surface area contributed by atoms with Gasteiger partial charge in [0.2, 0.25) is 0 Å². The van der Waals surface area contributed by atoms with Gasteiger partial charge in [0.25, 0.3) is 5.91 Å². The van der Waals surface area contributed by atoms with Crippen LogP contribution in [0.1, 0.15) is 39.5 Å². The van der Waals surface area contributed by atoms with Gasteiger partial charge >= 0.3 is 5.97 Å². The molecule has 1 rings (SSSR count). The summed E-state index contributed by atoms with van der Waals surface area (Å²) in [7, 11) is 0. The highest BCUT2D eigenvalue weighted by Gasteiger charge is 2.25. The lowest BCUT2D eigenvalue weighted by molar-refractivity contribution is -0.158. The van der Waals surface area contributed by atoms with Crippen molar-refractivity contribution in [1.82, 2.24) is 4.90 Å². The third-order valence-electron chi connectivity index (χ3n) is 2.53. The van der Waals surface area contributed by atoms with Crippen LogP contribution in [0, 0.1) is 0 Å². The van der Waals surface area contributed by atoms with E-state index in [1.165, 1.54) is 0 Å². The highest BCUT2D eigenvalue weighted by Crippen LogP contribution is 2.10. The number of ether oxygens (including phenoxy) is 1. The molecule has 1 aliphatic rings. The van der Waals surface area contributed by atoms with Gasteiger partial charge in [-0.05, 0) is 26.2 Å². The number of esters is 1. The van der Waals surface area contributed by atoms with Crippen molar-refractivity contribution in [2.75, 3.05) is 13.1 Å². The van der Waals surface area contributed by atoms with Gasteiger partial charge in [-0.25, -0.2) is 0 Å². The first kappa shape index (κ1) is 12.0. The molecule has 1 saturated heterocycles. The number of rotatable bonds is 4. The number of hydrogen-bond acceptors (Lipinski definition) is 3. The van der Waals surface area contributed by atoms with E-state index in [2.05, 4.69) is 0 Å². The molecule has 0 saturated carbocycles. The number of nitrogens with zero attached hydrogens (tertiary/aromatic N) is 1. The van der Waals surface area contributed by atoms with Crippen LogP contribution in [0.5, 0.6) is 0 Å². The molecule has 0 unspecified atom stereocenters. The van der Waals surface area contributed by atoms with Crippen molar-refractivity contribution in [1.29, 1.82) is 0 Å². The largest absolute Gasteiger partial charge is 0.453 e. The molecule has 0 aromatic rings. The Labute approximate surface area is 90.6 Å². The van der Waals surface area contributed by atoms with Crippen LogP contribution in [0.3, 0.4) is 0 Å². The molecule has 0 aromatic heterocycles. The molecule has 1 aliphatic heterocycles. The summed E-state index contributed by atoms with van der Waals surface area (Å²) >= 11 is 0. The normalized spacial score (nSPS) is 17.6. The first-order valence-corrected chi connectivity index (χ1v) is 5.63. The zero-order chi connectivity index (χ0) is 11.3. The Balaban J connectivity index is 2.35. The molecule has 0 radical (unpaired) electrons. The molecule has 0 aliphatic carbocycles. The standard InChI is InChI=1S/C11H19NO3/c1-3-6-10(13)15-9(2)11(14)12-7-4-5-8-12/h9H,3-8H2,1-2H3/t9-/m0/s1. The third-order valence-corrected chi connectivity index (χ3v) is 2.53. The van der Waals surface area contributed by atoms with Crippen molar-refractivity contribution in [2.24, 2.45) is 0 Å². The molecule has 0 aromatic carbocycles. The summed E-state index contributed by atoms with van der Waals surface area (Å²) < 4.78 is 5.03. The van der Waals surface area contributed by atoms with Crippen LogP contribution in [0.2, 0.25) is 0 Å². The first-order valence-electron chi connectivity index (χ1n) is 5.63. The van der Waals surface area contributed by atoms with Crippen molar-refractivity contribution in [3.8, 4) is 0 Å². The maximum Gasteiger partial charge on any atom is 0.306 e. The predicted molar refractivity (Wildman–Crippen MR) is 56.3 cm³/mol. The van der Waals surface area contributed by atoms with Crippen molar-refractivity contribution < 1.29 is 14.3 Å². The summed E-state index contributed by atoms with van der Waals surface area (Å²) in [5.41, 5.74) is 0. The van der Waals surface area contributed by atoms with E-state index < -0.39 is 6.10 Å². The molecule has 4 nitrogen and oxygen atoms in total. The van der Waals surface area contributed by atoms with Gasteiger partial charge in [-0.15, -0.1) is 0 Å². The number of carbonyl (C=O) groups excluding carboxylic acids is 2. The minimum Gasteiger partial charge on any atom is -0.453 e. The molecule has 4 heteroatoms. The monoisotopic (exact) mass is 213 g/mol. The van der Waals surface area contributed by atoms with E-state index >= 15 is 0 Å². The number of hydrogen-bond donors (Lipinski definition) is 0. The van der Waals surface area contributed by atoms with Crippen LogP contribution in [0.25, 0.3) is 0 Å². The molecular weight excluding hydrogens is 194 g/mol. The topological polar surface area (TPSA) is 46.6 Å². The molecule has 86 valence electrons. The molecule has 1 atom stereocenters. The second-order valence-electron chi connectivity index (χ2n) is 3.91. The second kappa shape index (κ2) is 5.73. The van der Waals surface area contributed by atoms with Gasteiger partial charge in [0.15, 0.2) is 6.10 Å². The Morgan fingerprint density at radius 3 is 2.47 bits per heavy atom. The van der Waals surface area contributed by atoms with Crippen LogP contribution in [-0.2, 0) is 14.3 Å². The zero-order valence-electron chi connectivity index (χ0n) is 9.49. The molecule has 0 spiro atoms. The lowest BCUT2D eigenvalue weighted by Gasteiger charge is -2.20. The third kappa shape index (κ3) is 3.53. The van der Waals surface area contributed by atoms with Crippen LogP contribution < -0.4 is 0 Å². The van der Waals surface area contributed by atoms with Crippen LogP contribution >= 0.6 is 0 Å². The number of carbonyl (C=O) groups is 2. The summed E-state index contributed by atoms with van der Waals surface area (Å²) in [6, 6.07) is 0. The minimum atomic E-state index is -0.623. The van der Waals surface area contributed by atoms with Crippen LogP contribution in [-0.4, -0.2) is 36.0 Å². The summed E-state index contributed by atoms with van der Waals surface area (Å²) in [6.07, 6.45) is 2.63. The van der Waals surface area contributed by atoms with Gasteiger partial charge in [-0.3, -0.25) is 9.59 Å². The fourth-order valence-corrected chi connectivity index (χ4v) is 1.71. The zero-order valence-corrected chi connectivity index (χ0v) is 9.49. The lowest BCUT2D eigenvalue weighted by atomic mass is 10.3. The molecule has 1 heterocycles. The van der Waals surface area contributed by atoms with Gasteiger partial charge in [-0.2, -0.15) is 0 Å². The summed E-state index contributed by atoms with van der Waals surface area (Å²) in [6.45, 7) is 5.16. The summed E-state index contributed by atoms with van der Waals surface area (Å²) in [5.74, 6) is -0.338. The van der Waals surface area contributed by atoms with Gasteiger partial charge in [0.1, 0.15) is 0 Å². The average Bonchev–Trinajstić information content (AvgIpc) is 2.69. The molecule has 1 amide bonds. The maximum absolute atomic E-state index is 11.7. The Bertz CT molecular complexity index is 234. The van der Waals surface area contributed by atoms with Gasteiger partial charge in [0, 0.05) is 19.5 Å². The smallest absolute Gasteiger partial charge is 0.306 e. The fraction of sp³-hybridized carbons (Fsp3) is 0.818. The minimum absolute atomic E-state index is 0.0584. The SMILES string of the molecule is CCCC(=O)O[C@@H](C)C(=O)N1CCCC1. The average molecular weight is 213 g/mol. The summed E-state index contributed by atoms with van der Waals surface area (Å²) in [5, 5.41) is 0.